The Hall–Kier alpha value is -3.15. The van der Waals surface area contributed by atoms with Crippen LogP contribution in [0, 0.1) is 0 Å². The minimum Gasteiger partial charge on any atom is -0.504 e. The second-order valence-corrected chi connectivity index (χ2v) is 6.55. The number of rotatable bonds is 8. The second-order valence-electron chi connectivity index (χ2n) is 6.55. The number of nitrogens with zero attached hydrogens (tertiary/aromatic N) is 1. The zero-order valence-corrected chi connectivity index (χ0v) is 16.5. The van der Waals surface area contributed by atoms with Gasteiger partial charge >= 0.3 is 0 Å². The molecule has 0 saturated carbocycles. The summed E-state index contributed by atoms with van der Waals surface area (Å²) >= 11 is 0. The first-order chi connectivity index (χ1) is 13.7. The summed E-state index contributed by atoms with van der Waals surface area (Å²) in [4.78, 5) is 8.00. The molecule has 0 aliphatic rings. The van der Waals surface area contributed by atoms with Crippen LogP contribution in [0.1, 0.15) is 18.1 Å². The Bertz CT molecular complexity index is 933. The van der Waals surface area contributed by atoms with Crippen molar-refractivity contribution in [2.45, 2.75) is 19.8 Å². The number of methoxy groups -OCH3 is 1. The molecule has 6 nitrogen and oxygen atoms in total. The summed E-state index contributed by atoms with van der Waals surface area (Å²) < 4.78 is 5.16. The first-order valence-corrected chi connectivity index (χ1v) is 9.64. The Labute approximate surface area is 165 Å². The third-order valence-electron chi connectivity index (χ3n) is 4.62. The molecule has 0 aliphatic heterocycles. The van der Waals surface area contributed by atoms with E-state index < -0.39 is 0 Å². The van der Waals surface area contributed by atoms with Crippen LogP contribution in [0.15, 0.2) is 53.7 Å². The molecule has 148 valence electrons. The number of nitrogens with one attached hydrogen (secondary N) is 3. The number of guanidine groups is 1. The number of H-pyrrole nitrogens is 1. The van der Waals surface area contributed by atoms with Crippen molar-refractivity contribution in [1.82, 2.24) is 15.6 Å². The van der Waals surface area contributed by atoms with Gasteiger partial charge in [0.1, 0.15) is 0 Å². The van der Waals surface area contributed by atoms with Crippen LogP contribution in [0.3, 0.4) is 0 Å². The molecule has 0 fully saturated rings. The fraction of sp³-hybridized carbons (Fsp3) is 0.318. The highest BCUT2D eigenvalue weighted by Crippen LogP contribution is 2.26. The van der Waals surface area contributed by atoms with Crippen molar-refractivity contribution in [3.63, 3.8) is 0 Å². The molecule has 1 aromatic heterocycles. The van der Waals surface area contributed by atoms with Gasteiger partial charge in [-0.1, -0.05) is 24.3 Å². The molecule has 4 N–H and O–H groups in total. The van der Waals surface area contributed by atoms with Gasteiger partial charge in [0.2, 0.25) is 0 Å². The van der Waals surface area contributed by atoms with Crippen molar-refractivity contribution in [2.24, 2.45) is 4.99 Å². The van der Waals surface area contributed by atoms with Crippen LogP contribution in [-0.2, 0) is 12.8 Å². The van der Waals surface area contributed by atoms with Crippen LogP contribution < -0.4 is 15.4 Å². The van der Waals surface area contributed by atoms with Crippen molar-refractivity contribution in [3.05, 3.63) is 59.8 Å². The summed E-state index contributed by atoms with van der Waals surface area (Å²) in [5.41, 5.74) is 3.54. The molecule has 3 aromatic rings. The smallest absolute Gasteiger partial charge is 0.191 e. The lowest BCUT2D eigenvalue weighted by Gasteiger charge is -2.12. The Morgan fingerprint density at radius 3 is 2.82 bits per heavy atom. The Kier molecular flexibility index (Phi) is 6.78. The Balaban J connectivity index is 1.54. The molecular formula is C22H28N4O2. The van der Waals surface area contributed by atoms with Gasteiger partial charge in [-0.05, 0) is 49.1 Å². The number of phenols is 1. The summed E-state index contributed by atoms with van der Waals surface area (Å²) in [5, 5.41) is 17.6. The predicted molar refractivity (Wildman–Crippen MR) is 114 cm³/mol. The number of benzene rings is 2. The van der Waals surface area contributed by atoms with Gasteiger partial charge in [-0.3, -0.25) is 4.99 Å². The number of fused-ring (bicyclic) bond motifs is 1. The Morgan fingerprint density at radius 2 is 2.00 bits per heavy atom. The fourth-order valence-electron chi connectivity index (χ4n) is 3.17. The zero-order valence-electron chi connectivity index (χ0n) is 16.5. The average Bonchev–Trinajstić information content (AvgIpc) is 3.12. The number of aliphatic imine (C=N–C) groups is 1. The highest BCUT2D eigenvalue weighted by molar-refractivity contribution is 5.83. The van der Waals surface area contributed by atoms with Gasteiger partial charge in [-0.2, -0.15) is 0 Å². The van der Waals surface area contributed by atoms with Crippen LogP contribution in [0.4, 0.5) is 0 Å². The zero-order chi connectivity index (χ0) is 19.8. The quantitative estimate of drug-likeness (QED) is 0.357. The van der Waals surface area contributed by atoms with E-state index in [1.54, 1.807) is 13.2 Å². The number of aromatic nitrogens is 1. The molecule has 28 heavy (non-hydrogen) atoms. The third kappa shape index (κ3) is 4.97. The van der Waals surface area contributed by atoms with Crippen LogP contribution in [0.25, 0.3) is 10.9 Å². The van der Waals surface area contributed by atoms with E-state index in [2.05, 4.69) is 46.9 Å². The van der Waals surface area contributed by atoms with Gasteiger partial charge in [0.05, 0.1) is 7.11 Å². The molecule has 0 saturated heterocycles. The third-order valence-corrected chi connectivity index (χ3v) is 4.62. The Morgan fingerprint density at radius 1 is 1.14 bits per heavy atom. The number of para-hydroxylation sites is 1. The first kappa shape index (κ1) is 19.6. The molecule has 0 atom stereocenters. The lowest BCUT2D eigenvalue weighted by atomic mass is 10.1. The van der Waals surface area contributed by atoms with Gasteiger partial charge in [-0.25, -0.2) is 0 Å². The monoisotopic (exact) mass is 380 g/mol. The first-order valence-electron chi connectivity index (χ1n) is 9.64. The normalized spacial score (nSPS) is 11.6. The summed E-state index contributed by atoms with van der Waals surface area (Å²) in [5.74, 6) is 1.47. The largest absolute Gasteiger partial charge is 0.504 e. The predicted octanol–water partition coefficient (Wildman–Crippen LogP) is 3.22. The molecule has 0 unspecified atom stereocenters. The van der Waals surface area contributed by atoms with Gasteiger partial charge in [-0.15, -0.1) is 0 Å². The standard InChI is InChI=1S/C22H28N4O2/c1-3-23-22(24-12-10-16-8-9-20(27)21(14-16)28-2)25-13-11-17-15-26-19-7-5-4-6-18(17)19/h4-9,14-15,26-27H,3,10-13H2,1-2H3,(H2,23,24,25). The lowest BCUT2D eigenvalue weighted by Crippen LogP contribution is -2.38. The molecule has 2 aromatic carbocycles. The molecular weight excluding hydrogens is 352 g/mol. The van der Waals surface area contributed by atoms with Crippen LogP contribution in [0.5, 0.6) is 11.5 Å². The number of hydrogen-bond donors (Lipinski definition) is 4. The van der Waals surface area contributed by atoms with Crippen LogP contribution in [-0.4, -0.2) is 42.8 Å². The molecule has 3 rings (SSSR count). The van der Waals surface area contributed by atoms with E-state index >= 15 is 0 Å². The van der Waals surface area contributed by atoms with E-state index in [4.69, 9.17) is 9.73 Å². The summed E-state index contributed by atoms with van der Waals surface area (Å²) in [7, 11) is 1.56. The van der Waals surface area contributed by atoms with Gasteiger partial charge in [0, 0.05) is 36.7 Å². The lowest BCUT2D eigenvalue weighted by molar-refractivity contribution is 0.373. The molecule has 6 heteroatoms. The molecule has 0 spiro atoms. The van der Waals surface area contributed by atoms with E-state index in [9.17, 15) is 5.11 Å². The fourth-order valence-corrected chi connectivity index (χ4v) is 3.17. The van der Waals surface area contributed by atoms with E-state index in [1.807, 2.05) is 18.2 Å². The minimum absolute atomic E-state index is 0.159. The average molecular weight is 380 g/mol. The highest BCUT2D eigenvalue weighted by atomic mass is 16.5. The van der Waals surface area contributed by atoms with E-state index in [0.717, 1.165) is 43.0 Å². The topological polar surface area (TPSA) is 81.7 Å². The maximum absolute atomic E-state index is 9.69. The number of aromatic amines is 1. The molecule has 1 heterocycles. The molecule has 0 aliphatic carbocycles. The minimum atomic E-state index is 0.159. The van der Waals surface area contributed by atoms with Crippen LogP contribution >= 0.6 is 0 Å². The van der Waals surface area contributed by atoms with E-state index in [0.29, 0.717) is 12.3 Å². The van der Waals surface area contributed by atoms with E-state index in [-0.39, 0.29) is 5.75 Å². The SMILES string of the molecule is CCNC(=NCCc1c[nH]c2ccccc12)NCCc1ccc(O)c(OC)c1. The highest BCUT2D eigenvalue weighted by Gasteiger charge is 2.05. The maximum Gasteiger partial charge on any atom is 0.191 e. The maximum atomic E-state index is 9.69. The molecule has 0 amide bonds. The van der Waals surface area contributed by atoms with Crippen molar-refractivity contribution >= 4 is 16.9 Å². The second kappa shape index (κ2) is 9.69. The summed E-state index contributed by atoms with van der Waals surface area (Å²) in [6.45, 7) is 4.32. The van der Waals surface area contributed by atoms with E-state index in [1.165, 1.54) is 10.9 Å². The molecule has 0 bridgehead atoms. The van der Waals surface area contributed by atoms with Crippen molar-refractivity contribution < 1.29 is 9.84 Å². The number of hydrogen-bond acceptors (Lipinski definition) is 3. The van der Waals surface area contributed by atoms with Crippen molar-refractivity contribution in [3.8, 4) is 11.5 Å². The molecule has 0 radical (unpaired) electrons. The van der Waals surface area contributed by atoms with Gasteiger partial charge < -0.3 is 25.5 Å². The number of ether oxygens (including phenoxy) is 1. The van der Waals surface area contributed by atoms with Gasteiger partial charge in [0.15, 0.2) is 17.5 Å². The van der Waals surface area contributed by atoms with Crippen molar-refractivity contribution in [1.29, 1.82) is 0 Å². The summed E-state index contributed by atoms with van der Waals surface area (Å²) in [6.07, 6.45) is 3.76. The number of phenolic OH excluding ortho intramolecular Hbond substituents is 1. The van der Waals surface area contributed by atoms with Crippen LogP contribution in [0.2, 0.25) is 0 Å². The number of aromatic hydroxyl groups is 1. The van der Waals surface area contributed by atoms with Gasteiger partial charge in [0.25, 0.3) is 0 Å². The van der Waals surface area contributed by atoms with Crippen molar-refractivity contribution in [2.75, 3.05) is 26.7 Å². The summed E-state index contributed by atoms with van der Waals surface area (Å²) in [6, 6.07) is 13.8.